The number of nitrogens with zero attached hydrogens (tertiary/aromatic N) is 4. The molecule has 0 radical (unpaired) electrons. The molecule has 1 amide bonds. The number of hydrogen-bond acceptors (Lipinski definition) is 6. The van der Waals surface area contributed by atoms with Crippen LogP contribution in [-0.2, 0) is 6.54 Å². The van der Waals surface area contributed by atoms with Gasteiger partial charge in [0.2, 0.25) is 5.06 Å². The highest BCUT2D eigenvalue weighted by Crippen LogP contribution is 2.33. The molecule has 4 rings (SSSR count). The average Bonchev–Trinajstić information content (AvgIpc) is 3.28. The van der Waals surface area contributed by atoms with Crippen molar-refractivity contribution in [2.24, 2.45) is 5.73 Å². The maximum atomic E-state index is 14.6. The largest absolute Gasteiger partial charge is 0.442 e. The highest BCUT2D eigenvalue weighted by Gasteiger charge is 2.17. The highest BCUT2D eigenvalue weighted by atomic mass is 32.1. The number of rotatable bonds is 6. The number of nitrogens with two attached hydrogens (primary N) is 1. The molecule has 2 N–H and O–H groups in total. The van der Waals surface area contributed by atoms with Crippen molar-refractivity contribution in [1.29, 1.82) is 0 Å². The molecule has 158 valence electrons. The Hall–Kier alpha value is -3.86. The van der Waals surface area contributed by atoms with Crippen LogP contribution in [-0.4, -0.2) is 25.2 Å². The molecule has 11 heteroatoms. The standard InChI is InChI=1S/C20H15F2N5O3S/c1-11-19(31-18(25-11)17(23)28)30-16-7-6-13(8-15(16)22)27-20(29)26(10-24-27)9-12-4-2-3-5-14(12)21/h2-8,10H,9H2,1H3,(H2,23,28). The van der Waals surface area contributed by atoms with Crippen molar-refractivity contribution in [3.8, 4) is 16.5 Å². The zero-order chi connectivity index (χ0) is 22.1. The summed E-state index contributed by atoms with van der Waals surface area (Å²) in [4.78, 5) is 27.8. The van der Waals surface area contributed by atoms with Crippen LogP contribution in [0.2, 0.25) is 0 Å². The fourth-order valence-electron chi connectivity index (χ4n) is 2.82. The Labute approximate surface area is 178 Å². The lowest BCUT2D eigenvalue weighted by Gasteiger charge is -2.07. The van der Waals surface area contributed by atoms with E-state index in [-0.39, 0.29) is 28.1 Å². The molecule has 0 atom stereocenters. The van der Waals surface area contributed by atoms with E-state index < -0.39 is 23.2 Å². The topological polar surface area (TPSA) is 105 Å². The number of thiazole rings is 1. The van der Waals surface area contributed by atoms with Gasteiger partial charge in [0.05, 0.1) is 17.9 Å². The van der Waals surface area contributed by atoms with Crippen molar-refractivity contribution >= 4 is 17.2 Å². The van der Waals surface area contributed by atoms with Gasteiger partial charge in [0, 0.05) is 11.6 Å². The van der Waals surface area contributed by atoms with Gasteiger partial charge in [-0.2, -0.15) is 9.78 Å². The van der Waals surface area contributed by atoms with Crippen molar-refractivity contribution in [3.05, 3.63) is 87.2 Å². The van der Waals surface area contributed by atoms with Crippen molar-refractivity contribution in [3.63, 3.8) is 0 Å². The van der Waals surface area contributed by atoms with Gasteiger partial charge in [0.15, 0.2) is 16.6 Å². The fourth-order valence-corrected chi connectivity index (χ4v) is 3.60. The fraction of sp³-hybridized carbons (Fsp3) is 0.100. The van der Waals surface area contributed by atoms with Crippen LogP contribution in [0.5, 0.6) is 10.8 Å². The third-order valence-corrected chi connectivity index (χ3v) is 5.41. The van der Waals surface area contributed by atoms with Gasteiger partial charge in [0.1, 0.15) is 12.1 Å². The van der Waals surface area contributed by atoms with Crippen LogP contribution in [0.1, 0.15) is 21.1 Å². The summed E-state index contributed by atoms with van der Waals surface area (Å²) >= 11 is 0.903. The molecule has 0 fully saturated rings. The third kappa shape index (κ3) is 4.08. The minimum Gasteiger partial charge on any atom is -0.442 e. The van der Waals surface area contributed by atoms with E-state index in [9.17, 15) is 18.4 Å². The second kappa shape index (κ2) is 8.11. The number of carbonyl (C=O) groups is 1. The number of ether oxygens (including phenoxy) is 1. The van der Waals surface area contributed by atoms with E-state index in [0.717, 1.165) is 22.1 Å². The summed E-state index contributed by atoms with van der Waals surface area (Å²) in [6, 6.07) is 9.95. The molecule has 0 saturated heterocycles. The number of primary amides is 1. The van der Waals surface area contributed by atoms with E-state index in [1.807, 2.05) is 0 Å². The molecule has 0 spiro atoms. The summed E-state index contributed by atoms with van der Waals surface area (Å²) in [5.41, 5.74) is 5.53. The van der Waals surface area contributed by atoms with Crippen LogP contribution in [0.4, 0.5) is 8.78 Å². The number of amides is 1. The quantitative estimate of drug-likeness (QED) is 0.493. The van der Waals surface area contributed by atoms with Gasteiger partial charge < -0.3 is 10.5 Å². The molecule has 2 aromatic heterocycles. The summed E-state index contributed by atoms with van der Waals surface area (Å²) in [5, 5.41) is 4.26. The first-order valence-corrected chi connectivity index (χ1v) is 9.78. The van der Waals surface area contributed by atoms with Gasteiger partial charge in [-0.3, -0.25) is 9.36 Å². The molecule has 31 heavy (non-hydrogen) atoms. The summed E-state index contributed by atoms with van der Waals surface area (Å²) in [7, 11) is 0. The van der Waals surface area contributed by atoms with Crippen LogP contribution < -0.4 is 16.2 Å². The highest BCUT2D eigenvalue weighted by molar-refractivity contribution is 7.15. The Morgan fingerprint density at radius 1 is 1.19 bits per heavy atom. The number of aromatic nitrogens is 4. The van der Waals surface area contributed by atoms with Gasteiger partial charge in [-0.1, -0.05) is 29.5 Å². The molecule has 0 aliphatic carbocycles. The first-order chi connectivity index (χ1) is 14.8. The smallest absolute Gasteiger partial charge is 0.350 e. The number of benzene rings is 2. The normalized spacial score (nSPS) is 10.9. The maximum Gasteiger partial charge on any atom is 0.350 e. The zero-order valence-electron chi connectivity index (χ0n) is 16.1. The van der Waals surface area contributed by atoms with E-state index in [4.69, 9.17) is 10.5 Å². The van der Waals surface area contributed by atoms with Crippen LogP contribution in [0.25, 0.3) is 5.69 Å². The van der Waals surface area contributed by atoms with E-state index >= 15 is 0 Å². The van der Waals surface area contributed by atoms with Crippen LogP contribution in [0.3, 0.4) is 0 Å². The van der Waals surface area contributed by atoms with Crippen LogP contribution >= 0.6 is 11.3 Å². The lowest BCUT2D eigenvalue weighted by atomic mass is 10.2. The zero-order valence-corrected chi connectivity index (χ0v) is 16.9. The van der Waals surface area contributed by atoms with Crippen LogP contribution in [0, 0.1) is 18.6 Å². The summed E-state index contributed by atoms with van der Waals surface area (Å²) < 4.78 is 36.2. The van der Waals surface area contributed by atoms with Gasteiger partial charge in [-0.15, -0.1) is 0 Å². The first kappa shape index (κ1) is 20.4. The Morgan fingerprint density at radius 3 is 2.65 bits per heavy atom. The minimum absolute atomic E-state index is 0.0119. The van der Waals surface area contributed by atoms with E-state index in [0.29, 0.717) is 11.3 Å². The van der Waals surface area contributed by atoms with Gasteiger partial charge in [-0.05, 0) is 25.1 Å². The molecular weight excluding hydrogens is 428 g/mol. The Morgan fingerprint density at radius 2 is 1.97 bits per heavy atom. The van der Waals surface area contributed by atoms with Gasteiger partial charge in [-0.25, -0.2) is 18.6 Å². The molecule has 0 bridgehead atoms. The summed E-state index contributed by atoms with van der Waals surface area (Å²) in [6.45, 7) is 1.59. The predicted octanol–water partition coefficient (Wildman–Crippen LogP) is 3.02. The van der Waals surface area contributed by atoms with Crippen molar-refractivity contribution < 1.29 is 18.3 Å². The molecule has 4 aromatic rings. The summed E-state index contributed by atoms with van der Waals surface area (Å²) in [5.74, 6) is -2.01. The van der Waals surface area contributed by atoms with Crippen LogP contribution in [0.15, 0.2) is 53.6 Å². The number of carbonyl (C=O) groups excluding carboxylic acids is 1. The monoisotopic (exact) mass is 443 g/mol. The molecular formula is C20H15F2N5O3S. The maximum absolute atomic E-state index is 14.6. The van der Waals surface area contributed by atoms with E-state index in [1.165, 1.54) is 29.1 Å². The molecule has 8 nitrogen and oxygen atoms in total. The second-order valence-corrected chi connectivity index (χ2v) is 7.48. The predicted molar refractivity (Wildman–Crippen MR) is 109 cm³/mol. The van der Waals surface area contributed by atoms with Crippen molar-refractivity contribution in [1.82, 2.24) is 19.3 Å². The molecule has 0 unspecified atom stereocenters. The number of aryl methyl sites for hydroxylation is 1. The minimum atomic E-state index is -0.749. The first-order valence-electron chi connectivity index (χ1n) is 8.96. The lowest BCUT2D eigenvalue weighted by Crippen LogP contribution is -2.24. The number of hydrogen-bond donors (Lipinski definition) is 1. The Bertz CT molecular complexity index is 1340. The SMILES string of the molecule is Cc1nc(C(N)=O)sc1Oc1ccc(-n2ncn(Cc3ccccc3F)c2=O)cc1F. The molecule has 0 aliphatic heterocycles. The molecule has 0 saturated carbocycles. The molecule has 2 heterocycles. The average molecular weight is 443 g/mol. The Kier molecular flexibility index (Phi) is 5.34. The molecule has 0 aliphatic rings. The second-order valence-electron chi connectivity index (χ2n) is 6.52. The Balaban J connectivity index is 1.59. The van der Waals surface area contributed by atoms with Gasteiger partial charge >= 0.3 is 5.69 Å². The molecule has 2 aromatic carbocycles. The third-order valence-electron chi connectivity index (χ3n) is 4.36. The van der Waals surface area contributed by atoms with Crippen molar-refractivity contribution in [2.75, 3.05) is 0 Å². The lowest BCUT2D eigenvalue weighted by molar-refractivity contribution is 0.1000. The van der Waals surface area contributed by atoms with E-state index in [1.54, 1.807) is 25.1 Å². The number of halogens is 2. The van der Waals surface area contributed by atoms with Gasteiger partial charge in [0.25, 0.3) is 5.91 Å². The van der Waals surface area contributed by atoms with E-state index in [2.05, 4.69) is 10.1 Å². The summed E-state index contributed by atoms with van der Waals surface area (Å²) in [6.07, 6.45) is 1.25. The van der Waals surface area contributed by atoms with Crippen molar-refractivity contribution in [2.45, 2.75) is 13.5 Å².